The van der Waals surface area contributed by atoms with E-state index in [2.05, 4.69) is 4.98 Å². The molecule has 6 nitrogen and oxygen atoms in total. The molecule has 1 aromatic carbocycles. The minimum atomic E-state index is -0.635. The number of rotatable bonds is 4. The van der Waals surface area contributed by atoms with Gasteiger partial charge in [-0.2, -0.15) is 0 Å². The van der Waals surface area contributed by atoms with Gasteiger partial charge in [0.25, 0.3) is 5.91 Å². The zero-order valence-electron chi connectivity index (χ0n) is 15.1. The highest BCUT2D eigenvalue weighted by molar-refractivity contribution is 6.34. The van der Waals surface area contributed by atoms with E-state index in [0.29, 0.717) is 36.8 Å². The van der Waals surface area contributed by atoms with Gasteiger partial charge in [0.2, 0.25) is 0 Å². The van der Waals surface area contributed by atoms with Crippen molar-refractivity contribution in [3.63, 3.8) is 0 Å². The van der Waals surface area contributed by atoms with Crippen LogP contribution in [0.15, 0.2) is 36.4 Å². The van der Waals surface area contributed by atoms with Crippen LogP contribution in [0.3, 0.4) is 0 Å². The number of hydrogen-bond acceptors (Lipinski definition) is 5. The fourth-order valence-corrected chi connectivity index (χ4v) is 3.76. The molecule has 0 unspecified atom stereocenters. The summed E-state index contributed by atoms with van der Waals surface area (Å²) >= 11 is 18.3. The number of benzene rings is 1. The summed E-state index contributed by atoms with van der Waals surface area (Å²) in [6, 6.07) is 9.61. The quantitative estimate of drug-likeness (QED) is 0.533. The van der Waals surface area contributed by atoms with Gasteiger partial charge in [-0.1, -0.05) is 53.0 Å². The van der Waals surface area contributed by atoms with Gasteiger partial charge in [-0.3, -0.25) is 9.69 Å². The maximum Gasteiger partial charge on any atom is 0.327 e. The van der Waals surface area contributed by atoms with Crippen molar-refractivity contribution in [1.29, 1.82) is 0 Å². The van der Waals surface area contributed by atoms with E-state index in [4.69, 9.17) is 39.5 Å². The number of carbonyl (C=O) groups is 2. The molecule has 2 aromatic rings. The lowest BCUT2D eigenvalue weighted by molar-refractivity contribution is -0.148. The van der Waals surface area contributed by atoms with Gasteiger partial charge in [-0.15, -0.1) is 0 Å². The van der Waals surface area contributed by atoms with Gasteiger partial charge < -0.3 is 9.64 Å². The van der Waals surface area contributed by atoms with E-state index >= 15 is 0 Å². The molecule has 9 heteroatoms. The van der Waals surface area contributed by atoms with Crippen LogP contribution in [0.5, 0.6) is 0 Å². The number of halogens is 3. The first-order valence-electron chi connectivity index (χ1n) is 8.60. The fraction of sp³-hybridized carbons (Fsp3) is 0.316. The van der Waals surface area contributed by atoms with E-state index in [1.807, 2.05) is 11.0 Å². The third-order valence-corrected chi connectivity index (χ3v) is 5.47. The number of carbonyl (C=O) groups excluding carboxylic acids is 2. The number of hydrogen-bond donors (Lipinski definition) is 0. The Kier molecular flexibility index (Phi) is 6.78. The van der Waals surface area contributed by atoms with Gasteiger partial charge >= 0.3 is 5.97 Å². The smallest absolute Gasteiger partial charge is 0.327 e. The third kappa shape index (κ3) is 4.41. The molecule has 0 bridgehead atoms. The Hall–Kier alpha value is -1.86. The molecule has 1 saturated heterocycles. The van der Waals surface area contributed by atoms with Gasteiger partial charge in [0.15, 0.2) is 0 Å². The second kappa shape index (κ2) is 9.09. The van der Waals surface area contributed by atoms with Crippen molar-refractivity contribution >= 4 is 46.7 Å². The molecule has 0 aliphatic carbocycles. The third-order valence-electron chi connectivity index (χ3n) is 4.61. The predicted molar refractivity (Wildman–Crippen MR) is 108 cm³/mol. The number of aromatic nitrogens is 1. The lowest BCUT2D eigenvalue weighted by Gasteiger charge is -2.38. The standard InChI is InChI=1S/C19H18Cl3N3O3/c1-28-19(27)17(12-4-2-3-5-13(12)20)24-8-10-25(11-9-24)18(26)16-14(21)6-7-15(22)23-16/h2-7,17H,8-11H2,1H3/t17-/m1/s1. The molecule has 28 heavy (non-hydrogen) atoms. The molecular formula is C19H18Cl3N3O3. The van der Waals surface area contributed by atoms with Crippen molar-refractivity contribution in [3.05, 3.63) is 62.9 Å². The zero-order chi connectivity index (χ0) is 20.3. The maximum absolute atomic E-state index is 12.8. The Morgan fingerprint density at radius 3 is 2.32 bits per heavy atom. The molecule has 1 atom stereocenters. The Labute approximate surface area is 177 Å². The van der Waals surface area contributed by atoms with Crippen LogP contribution in [-0.2, 0) is 9.53 Å². The van der Waals surface area contributed by atoms with Gasteiger partial charge in [-0.05, 0) is 23.8 Å². The van der Waals surface area contributed by atoms with Crippen LogP contribution < -0.4 is 0 Å². The highest BCUT2D eigenvalue weighted by atomic mass is 35.5. The first-order chi connectivity index (χ1) is 13.4. The van der Waals surface area contributed by atoms with E-state index < -0.39 is 12.0 Å². The molecule has 0 spiro atoms. The number of methoxy groups -OCH3 is 1. The van der Waals surface area contributed by atoms with Crippen LogP contribution in [0.4, 0.5) is 0 Å². The summed E-state index contributed by atoms with van der Waals surface area (Å²) in [6.07, 6.45) is 0. The number of pyridine rings is 1. The van der Waals surface area contributed by atoms with Crippen LogP contribution in [0.2, 0.25) is 15.2 Å². The van der Waals surface area contributed by atoms with Crippen molar-refractivity contribution in [2.75, 3.05) is 33.3 Å². The van der Waals surface area contributed by atoms with Gasteiger partial charge in [0.05, 0.1) is 12.1 Å². The van der Waals surface area contributed by atoms with Crippen molar-refractivity contribution in [2.45, 2.75) is 6.04 Å². The lowest BCUT2D eigenvalue weighted by Crippen LogP contribution is -2.51. The Balaban J connectivity index is 1.76. The zero-order valence-corrected chi connectivity index (χ0v) is 17.3. The molecule has 0 radical (unpaired) electrons. The second-order valence-electron chi connectivity index (χ2n) is 6.24. The minimum absolute atomic E-state index is 0.123. The molecule has 0 saturated carbocycles. The molecule has 1 aliphatic heterocycles. The summed E-state index contributed by atoms with van der Waals surface area (Å²) in [5.41, 5.74) is 0.800. The number of nitrogens with zero attached hydrogens (tertiary/aromatic N) is 3. The summed E-state index contributed by atoms with van der Waals surface area (Å²) in [4.78, 5) is 32.8. The Morgan fingerprint density at radius 2 is 1.68 bits per heavy atom. The molecule has 3 rings (SSSR count). The first-order valence-corrected chi connectivity index (χ1v) is 9.73. The van der Waals surface area contributed by atoms with Gasteiger partial charge in [0, 0.05) is 31.2 Å². The van der Waals surface area contributed by atoms with Crippen molar-refractivity contribution < 1.29 is 14.3 Å². The Morgan fingerprint density at radius 1 is 1.00 bits per heavy atom. The first kappa shape index (κ1) is 20.9. The highest BCUT2D eigenvalue weighted by Gasteiger charge is 2.34. The lowest BCUT2D eigenvalue weighted by atomic mass is 10.0. The Bertz CT molecular complexity index is 886. The normalized spacial score (nSPS) is 15.9. The summed E-state index contributed by atoms with van der Waals surface area (Å²) < 4.78 is 4.99. The molecule has 1 amide bonds. The molecule has 148 valence electrons. The van der Waals surface area contributed by atoms with E-state index in [1.54, 1.807) is 29.2 Å². The van der Waals surface area contributed by atoms with Crippen LogP contribution in [-0.4, -0.2) is 59.9 Å². The van der Waals surface area contributed by atoms with E-state index in [0.717, 1.165) is 0 Å². The van der Waals surface area contributed by atoms with Crippen LogP contribution in [0.25, 0.3) is 0 Å². The number of esters is 1. The molecule has 1 aliphatic rings. The van der Waals surface area contributed by atoms with Crippen molar-refractivity contribution in [2.24, 2.45) is 0 Å². The molecule has 1 fully saturated rings. The van der Waals surface area contributed by atoms with E-state index in [1.165, 1.54) is 13.2 Å². The van der Waals surface area contributed by atoms with E-state index in [-0.39, 0.29) is 21.8 Å². The van der Waals surface area contributed by atoms with E-state index in [9.17, 15) is 9.59 Å². The summed E-state index contributed by atoms with van der Waals surface area (Å²) in [6.45, 7) is 1.74. The largest absolute Gasteiger partial charge is 0.468 e. The van der Waals surface area contributed by atoms with Gasteiger partial charge in [-0.25, -0.2) is 9.78 Å². The molecule has 2 heterocycles. The number of amides is 1. The number of ether oxygens (including phenoxy) is 1. The topological polar surface area (TPSA) is 62.7 Å². The molecular weight excluding hydrogens is 425 g/mol. The SMILES string of the molecule is COC(=O)[C@@H](c1ccccc1Cl)N1CCN(C(=O)c2nc(Cl)ccc2Cl)CC1. The van der Waals surface area contributed by atoms with Crippen LogP contribution in [0, 0.1) is 0 Å². The summed E-state index contributed by atoms with van der Waals surface area (Å²) in [5, 5.41) is 0.947. The van der Waals surface area contributed by atoms with Crippen LogP contribution >= 0.6 is 34.8 Å². The summed E-state index contributed by atoms with van der Waals surface area (Å²) in [5.74, 6) is -0.688. The van der Waals surface area contributed by atoms with Crippen molar-refractivity contribution in [3.8, 4) is 0 Å². The highest BCUT2D eigenvalue weighted by Crippen LogP contribution is 2.30. The average Bonchev–Trinajstić information content (AvgIpc) is 2.71. The number of piperazine rings is 1. The average molecular weight is 443 g/mol. The second-order valence-corrected chi connectivity index (χ2v) is 7.44. The maximum atomic E-state index is 12.8. The fourth-order valence-electron chi connectivity index (χ4n) is 3.18. The summed E-state index contributed by atoms with van der Waals surface area (Å²) in [7, 11) is 1.35. The predicted octanol–water partition coefficient (Wildman–Crippen LogP) is 3.71. The molecule has 1 aromatic heterocycles. The van der Waals surface area contributed by atoms with Gasteiger partial charge in [0.1, 0.15) is 16.9 Å². The van der Waals surface area contributed by atoms with Crippen molar-refractivity contribution in [1.82, 2.24) is 14.8 Å². The van der Waals surface area contributed by atoms with Crippen LogP contribution in [0.1, 0.15) is 22.1 Å². The minimum Gasteiger partial charge on any atom is -0.468 e. The molecule has 0 N–H and O–H groups in total. The monoisotopic (exact) mass is 441 g/mol.